The van der Waals surface area contributed by atoms with Crippen molar-refractivity contribution in [2.24, 2.45) is 0 Å². The Morgan fingerprint density at radius 1 is 1.00 bits per heavy atom. The molecule has 10 heteroatoms. The van der Waals surface area contributed by atoms with Crippen molar-refractivity contribution in [3.63, 3.8) is 0 Å². The van der Waals surface area contributed by atoms with Crippen LogP contribution in [0.3, 0.4) is 0 Å². The number of aromatic nitrogens is 2. The fourth-order valence-electron chi connectivity index (χ4n) is 2.72. The van der Waals surface area contributed by atoms with E-state index in [1.54, 1.807) is 13.2 Å². The molecule has 0 atom stereocenters. The van der Waals surface area contributed by atoms with Crippen LogP contribution in [0, 0.1) is 0 Å². The van der Waals surface area contributed by atoms with E-state index in [-0.39, 0.29) is 0 Å². The zero-order valence-electron chi connectivity index (χ0n) is 17.3. The van der Waals surface area contributed by atoms with Crippen molar-refractivity contribution in [3.05, 3.63) is 50.9 Å². The molecule has 0 fully saturated rings. The number of amides is 1. The monoisotopic (exact) mass is 505 g/mol. The molecule has 0 spiro atoms. The number of rotatable bonds is 8. The first kappa shape index (κ1) is 22.6. The smallest absolute Gasteiger partial charge is 0.258 e. The molecule has 3 rings (SSSR count). The molecule has 0 aliphatic carbocycles. The third-order valence-electron chi connectivity index (χ3n) is 4.19. The predicted octanol–water partition coefficient (Wildman–Crippen LogP) is 4.76. The molecular weight excluding hydrogens is 486 g/mol. The Labute approximate surface area is 191 Å². The minimum atomic E-state index is -0.398. The number of carbonyl (C=O) groups is 1. The average Bonchev–Trinajstić information content (AvgIpc) is 3.24. The van der Waals surface area contributed by atoms with Crippen molar-refractivity contribution in [3.8, 4) is 23.0 Å². The van der Waals surface area contributed by atoms with Crippen LogP contribution >= 0.6 is 27.3 Å². The number of ether oxygens (including phenoxy) is 4. The van der Waals surface area contributed by atoms with Gasteiger partial charge in [-0.15, -0.1) is 10.2 Å². The van der Waals surface area contributed by atoms with Gasteiger partial charge in [-0.05, 0) is 45.8 Å². The molecule has 0 unspecified atom stereocenters. The van der Waals surface area contributed by atoms with E-state index in [1.807, 2.05) is 36.4 Å². The van der Waals surface area contributed by atoms with Crippen LogP contribution in [0.15, 0.2) is 34.8 Å². The summed E-state index contributed by atoms with van der Waals surface area (Å²) in [7, 11) is 6.08. The molecule has 1 heterocycles. The summed E-state index contributed by atoms with van der Waals surface area (Å²) in [6, 6.07) is 9.19. The Balaban J connectivity index is 1.79. The van der Waals surface area contributed by atoms with Gasteiger partial charge >= 0.3 is 0 Å². The molecule has 8 nitrogen and oxygen atoms in total. The summed E-state index contributed by atoms with van der Waals surface area (Å²) in [6.45, 7) is 0. The number of nitrogens with one attached hydrogen (secondary N) is 1. The molecule has 0 saturated carbocycles. The zero-order chi connectivity index (χ0) is 22.4. The first-order valence-electron chi connectivity index (χ1n) is 8.96. The third-order valence-corrected chi connectivity index (χ3v) is 5.78. The van der Waals surface area contributed by atoms with Gasteiger partial charge in [-0.3, -0.25) is 10.1 Å². The van der Waals surface area contributed by atoms with Crippen molar-refractivity contribution in [1.82, 2.24) is 10.2 Å². The average molecular weight is 506 g/mol. The summed E-state index contributed by atoms with van der Waals surface area (Å²) in [5, 5.41) is 11.9. The molecule has 31 heavy (non-hydrogen) atoms. The normalized spacial score (nSPS) is 10.7. The fraction of sp³-hybridized carbons (Fsp3) is 0.190. The van der Waals surface area contributed by atoms with Crippen LogP contribution < -0.4 is 24.3 Å². The molecule has 1 amide bonds. The van der Waals surface area contributed by atoms with Crippen molar-refractivity contribution in [1.29, 1.82) is 0 Å². The lowest BCUT2D eigenvalue weighted by Gasteiger charge is -2.16. The van der Waals surface area contributed by atoms with Crippen LogP contribution in [0.2, 0.25) is 0 Å². The predicted molar refractivity (Wildman–Crippen MR) is 124 cm³/mol. The SMILES string of the molecule is COc1cccc(/C=C/c2nnc(NC(=O)c3cc(OC)c(OC)c(OC)c3Br)s2)c1. The number of carbonyl (C=O) groups excluding carboxylic acids is 1. The van der Waals surface area contributed by atoms with Crippen molar-refractivity contribution in [2.45, 2.75) is 0 Å². The fourth-order valence-corrected chi connectivity index (χ4v) is 3.99. The van der Waals surface area contributed by atoms with E-state index >= 15 is 0 Å². The molecule has 2 aromatic carbocycles. The number of halogens is 1. The highest BCUT2D eigenvalue weighted by Gasteiger charge is 2.23. The highest BCUT2D eigenvalue weighted by Crippen LogP contribution is 2.44. The minimum absolute atomic E-state index is 0.304. The topological polar surface area (TPSA) is 91.8 Å². The summed E-state index contributed by atoms with van der Waals surface area (Å²) in [5.74, 6) is 1.47. The summed E-state index contributed by atoms with van der Waals surface area (Å²) in [6.07, 6.45) is 3.71. The number of hydrogen-bond acceptors (Lipinski definition) is 8. The van der Waals surface area contributed by atoms with Gasteiger partial charge < -0.3 is 18.9 Å². The third kappa shape index (κ3) is 5.15. The molecule has 1 N–H and O–H groups in total. The second-order valence-electron chi connectivity index (χ2n) is 6.02. The second-order valence-corrected chi connectivity index (χ2v) is 7.82. The van der Waals surface area contributed by atoms with Gasteiger partial charge in [-0.1, -0.05) is 29.5 Å². The number of anilines is 1. The standard InChI is InChI=1S/C21H20BrN3O5S/c1-27-13-7-5-6-12(10-13)8-9-16-24-25-21(31-16)23-20(26)14-11-15(28-2)18(29-3)19(30-4)17(14)22/h5-11H,1-4H3,(H,23,25,26)/b9-8+. The Hall–Kier alpha value is -3.11. The molecule has 0 aliphatic rings. The Morgan fingerprint density at radius 3 is 2.45 bits per heavy atom. The lowest BCUT2D eigenvalue weighted by atomic mass is 10.1. The number of methoxy groups -OCH3 is 4. The molecule has 3 aromatic rings. The molecule has 0 saturated heterocycles. The highest BCUT2D eigenvalue weighted by atomic mass is 79.9. The van der Waals surface area contributed by atoms with Crippen molar-refractivity contribution >= 4 is 50.5 Å². The van der Waals surface area contributed by atoms with Crippen LogP contribution in [0.4, 0.5) is 5.13 Å². The Bertz CT molecular complexity index is 1120. The molecule has 0 radical (unpaired) electrons. The van der Waals surface area contributed by atoms with Crippen LogP contribution in [0.5, 0.6) is 23.0 Å². The Kier molecular flexibility index (Phi) is 7.48. The van der Waals surface area contributed by atoms with E-state index in [0.29, 0.717) is 37.4 Å². The molecule has 162 valence electrons. The maximum Gasteiger partial charge on any atom is 0.258 e. The van der Waals surface area contributed by atoms with Gasteiger partial charge in [0.1, 0.15) is 10.8 Å². The van der Waals surface area contributed by atoms with Crippen molar-refractivity contribution in [2.75, 3.05) is 33.8 Å². The summed E-state index contributed by atoms with van der Waals surface area (Å²) < 4.78 is 21.7. The van der Waals surface area contributed by atoms with E-state index in [0.717, 1.165) is 11.3 Å². The molecule has 1 aromatic heterocycles. The first-order valence-corrected chi connectivity index (χ1v) is 10.6. The number of hydrogen-bond donors (Lipinski definition) is 1. The quantitative estimate of drug-likeness (QED) is 0.471. The summed E-state index contributed by atoms with van der Waals surface area (Å²) >= 11 is 4.65. The van der Waals surface area contributed by atoms with E-state index < -0.39 is 5.91 Å². The summed E-state index contributed by atoms with van der Waals surface area (Å²) in [5.41, 5.74) is 1.26. The van der Waals surface area contributed by atoms with Gasteiger partial charge in [0.2, 0.25) is 10.9 Å². The van der Waals surface area contributed by atoms with Crippen LogP contribution in [0.25, 0.3) is 12.2 Å². The number of benzene rings is 2. The maximum absolute atomic E-state index is 12.8. The van der Waals surface area contributed by atoms with Gasteiger partial charge in [0.15, 0.2) is 11.5 Å². The van der Waals surface area contributed by atoms with E-state index in [9.17, 15) is 4.79 Å². The van der Waals surface area contributed by atoms with Crippen molar-refractivity contribution < 1.29 is 23.7 Å². The van der Waals surface area contributed by atoms with E-state index in [1.165, 1.54) is 32.7 Å². The number of nitrogens with zero attached hydrogens (tertiary/aromatic N) is 2. The van der Waals surface area contributed by atoms with Crippen LogP contribution in [-0.2, 0) is 0 Å². The second kappa shape index (κ2) is 10.3. The zero-order valence-corrected chi connectivity index (χ0v) is 19.7. The summed E-state index contributed by atoms with van der Waals surface area (Å²) in [4.78, 5) is 12.8. The molecular formula is C21H20BrN3O5S. The maximum atomic E-state index is 12.8. The Morgan fingerprint density at radius 2 is 1.77 bits per heavy atom. The highest BCUT2D eigenvalue weighted by molar-refractivity contribution is 9.10. The lowest BCUT2D eigenvalue weighted by molar-refractivity contribution is 0.102. The van der Waals surface area contributed by atoms with Gasteiger partial charge in [0, 0.05) is 0 Å². The molecule has 0 aliphatic heterocycles. The van der Waals surface area contributed by atoms with Crippen LogP contribution in [-0.4, -0.2) is 44.5 Å². The molecule has 0 bridgehead atoms. The van der Waals surface area contributed by atoms with Gasteiger partial charge in [0.05, 0.1) is 38.5 Å². The largest absolute Gasteiger partial charge is 0.497 e. The van der Waals surface area contributed by atoms with Gasteiger partial charge in [0.25, 0.3) is 5.91 Å². The van der Waals surface area contributed by atoms with E-state index in [2.05, 4.69) is 31.4 Å². The van der Waals surface area contributed by atoms with E-state index in [4.69, 9.17) is 18.9 Å². The van der Waals surface area contributed by atoms with Crippen LogP contribution in [0.1, 0.15) is 20.9 Å². The van der Waals surface area contributed by atoms with Gasteiger partial charge in [-0.2, -0.15) is 0 Å². The lowest BCUT2D eigenvalue weighted by Crippen LogP contribution is -2.13. The van der Waals surface area contributed by atoms with Gasteiger partial charge in [-0.25, -0.2) is 0 Å². The minimum Gasteiger partial charge on any atom is -0.497 e. The first-order chi connectivity index (χ1) is 15.0.